The normalized spacial score (nSPS) is 30.0. The van der Waals surface area contributed by atoms with Gasteiger partial charge in [-0.25, -0.2) is 0 Å². The summed E-state index contributed by atoms with van der Waals surface area (Å²) in [5.74, 6) is 0. The first kappa shape index (κ1) is 6.09. The van der Waals surface area contributed by atoms with E-state index in [9.17, 15) is 0 Å². The van der Waals surface area contributed by atoms with Crippen LogP contribution in [0.3, 0.4) is 0 Å². The molecule has 1 heteroatoms. The fourth-order valence-corrected chi connectivity index (χ4v) is 1.04. The molecule has 1 fully saturated rings. The predicted molar refractivity (Wildman–Crippen MR) is 33.3 cm³/mol. The van der Waals surface area contributed by atoms with Crippen LogP contribution in [0, 0.1) is 6.10 Å². The first-order valence-corrected chi connectivity index (χ1v) is 3.34. The van der Waals surface area contributed by atoms with Crippen molar-refractivity contribution in [2.75, 3.05) is 0 Å². The summed E-state index contributed by atoms with van der Waals surface area (Å²) in [4.78, 5) is 0. The lowest BCUT2D eigenvalue weighted by Crippen LogP contribution is -2.27. The molecule has 0 saturated carbocycles. The zero-order valence-corrected chi connectivity index (χ0v) is 5.61. The van der Waals surface area contributed by atoms with E-state index in [2.05, 4.69) is 13.8 Å². The Bertz CT molecular complexity index is 62.0. The quantitative estimate of drug-likeness (QED) is 0.533. The Morgan fingerprint density at radius 1 is 1.75 bits per heavy atom. The van der Waals surface area contributed by atoms with Crippen LogP contribution >= 0.6 is 0 Å². The van der Waals surface area contributed by atoms with Crippen molar-refractivity contribution in [3.8, 4) is 0 Å². The van der Waals surface area contributed by atoms with E-state index in [-0.39, 0.29) is 0 Å². The molecule has 1 aliphatic rings. The average molecular weight is 113 g/mol. The third-order valence-corrected chi connectivity index (χ3v) is 1.41. The second-order valence-electron chi connectivity index (χ2n) is 2.42. The topological polar surface area (TPSA) is 9.23 Å². The Hall–Kier alpha value is -0.0400. The summed E-state index contributed by atoms with van der Waals surface area (Å²) in [5.41, 5.74) is 0. The van der Waals surface area contributed by atoms with Gasteiger partial charge < -0.3 is 4.74 Å². The van der Waals surface area contributed by atoms with Crippen LogP contribution in [-0.2, 0) is 4.74 Å². The van der Waals surface area contributed by atoms with E-state index in [0.717, 1.165) is 0 Å². The van der Waals surface area contributed by atoms with Crippen LogP contribution in [0.25, 0.3) is 0 Å². The zero-order chi connectivity index (χ0) is 5.98. The van der Waals surface area contributed by atoms with Gasteiger partial charge in [0.25, 0.3) is 0 Å². The monoisotopic (exact) mass is 113 g/mol. The molecule has 47 valence electrons. The number of rotatable bonds is 2. The molecule has 1 aliphatic heterocycles. The molecule has 1 rings (SSSR count). The third kappa shape index (κ3) is 1.22. The summed E-state index contributed by atoms with van der Waals surface area (Å²) < 4.78 is 5.30. The lowest BCUT2D eigenvalue weighted by Gasteiger charge is -2.31. The molecule has 0 bridgehead atoms. The van der Waals surface area contributed by atoms with E-state index in [4.69, 9.17) is 4.74 Å². The van der Waals surface area contributed by atoms with Crippen LogP contribution in [-0.4, -0.2) is 6.10 Å². The highest BCUT2D eigenvalue weighted by molar-refractivity contribution is 4.90. The molecule has 0 aromatic carbocycles. The molecule has 1 saturated heterocycles. The molecule has 1 nitrogen and oxygen atoms in total. The van der Waals surface area contributed by atoms with Crippen molar-refractivity contribution in [2.45, 2.75) is 39.2 Å². The van der Waals surface area contributed by atoms with Gasteiger partial charge in [0.15, 0.2) is 0 Å². The van der Waals surface area contributed by atoms with Crippen LogP contribution in [0.2, 0.25) is 0 Å². The Labute approximate surface area is 51.0 Å². The Morgan fingerprint density at radius 2 is 2.38 bits per heavy atom. The smallest absolute Gasteiger partial charge is 0.1000 e. The molecule has 8 heavy (non-hydrogen) atoms. The van der Waals surface area contributed by atoms with Crippen molar-refractivity contribution in [2.24, 2.45) is 0 Å². The SMILES string of the molecule is CCC[C]1CC(C)O1. The molecular weight excluding hydrogens is 100 g/mol. The fraction of sp³-hybridized carbons (Fsp3) is 0.857. The van der Waals surface area contributed by atoms with Gasteiger partial charge in [0, 0.05) is 6.42 Å². The van der Waals surface area contributed by atoms with E-state index >= 15 is 0 Å². The summed E-state index contributed by atoms with van der Waals surface area (Å²) in [5, 5.41) is 0. The first-order valence-electron chi connectivity index (χ1n) is 3.34. The molecule has 0 aromatic heterocycles. The van der Waals surface area contributed by atoms with E-state index in [1.165, 1.54) is 25.4 Å². The second-order valence-corrected chi connectivity index (χ2v) is 2.42. The van der Waals surface area contributed by atoms with Crippen LogP contribution in [0.15, 0.2) is 0 Å². The van der Waals surface area contributed by atoms with E-state index < -0.39 is 0 Å². The number of hydrogen-bond acceptors (Lipinski definition) is 1. The van der Waals surface area contributed by atoms with Gasteiger partial charge in [0.05, 0.1) is 12.2 Å². The minimum atomic E-state index is 0.511. The van der Waals surface area contributed by atoms with Crippen molar-refractivity contribution in [3.63, 3.8) is 0 Å². The van der Waals surface area contributed by atoms with Crippen LogP contribution in [0.4, 0.5) is 0 Å². The van der Waals surface area contributed by atoms with Crippen LogP contribution < -0.4 is 0 Å². The van der Waals surface area contributed by atoms with E-state index in [1.807, 2.05) is 0 Å². The molecular formula is C7H13O. The first-order chi connectivity index (χ1) is 3.83. The van der Waals surface area contributed by atoms with Gasteiger partial charge in [-0.2, -0.15) is 0 Å². The van der Waals surface area contributed by atoms with Gasteiger partial charge in [-0.05, 0) is 13.3 Å². The molecule has 1 heterocycles. The Morgan fingerprint density at radius 3 is 2.75 bits per heavy atom. The van der Waals surface area contributed by atoms with Crippen molar-refractivity contribution in [1.82, 2.24) is 0 Å². The van der Waals surface area contributed by atoms with Gasteiger partial charge in [0.1, 0.15) is 0 Å². The van der Waals surface area contributed by atoms with Crippen LogP contribution in [0.5, 0.6) is 0 Å². The van der Waals surface area contributed by atoms with Crippen molar-refractivity contribution < 1.29 is 4.74 Å². The molecule has 0 aromatic rings. The van der Waals surface area contributed by atoms with E-state index in [0.29, 0.717) is 6.10 Å². The maximum atomic E-state index is 5.30. The fourth-order valence-electron chi connectivity index (χ4n) is 1.04. The summed E-state index contributed by atoms with van der Waals surface area (Å²) in [6.45, 7) is 4.29. The van der Waals surface area contributed by atoms with Crippen molar-refractivity contribution in [1.29, 1.82) is 0 Å². The average Bonchev–Trinajstić information content (AvgIpc) is 1.64. The van der Waals surface area contributed by atoms with Gasteiger partial charge in [-0.15, -0.1) is 0 Å². The molecule has 0 N–H and O–H groups in total. The maximum Gasteiger partial charge on any atom is 0.1000 e. The lowest BCUT2D eigenvalue weighted by molar-refractivity contribution is -0.0361. The van der Waals surface area contributed by atoms with Gasteiger partial charge in [0.2, 0.25) is 0 Å². The highest BCUT2D eigenvalue weighted by Gasteiger charge is 2.25. The Kier molecular flexibility index (Phi) is 1.90. The van der Waals surface area contributed by atoms with Crippen molar-refractivity contribution in [3.05, 3.63) is 6.10 Å². The predicted octanol–water partition coefficient (Wildman–Crippen LogP) is 2.13. The summed E-state index contributed by atoms with van der Waals surface area (Å²) in [6, 6.07) is 0. The zero-order valence-electron chi connectivity index (χ0n) is 5.61. The Balaban J connectivity index is 1.98. The summed E-state index contributed by atoms with van der Waals surface area (Å²) in [7, 11) is 0. The van der Waals surface area contributed by atoms with Gasteiger partial charge >= 0.3 is 0 Å². The lowest BCUT2D eigenvalue weighted by atomic mass is 10.0. The molecule has 1 unspecified atom stereocenters. The summed E-state index contributed by atoms with van der Waals surface area (Å²) >= 11 is 0. The maximum absolute atomic E-state index is 5.30. The van der Waals surface area contributed by atoms with Crippen LogP contribution in [0.1, 0.15) is 33.1 Å². The number of ether oxygens (including phenoxy) is 1. The largest absolute Gasteiger partial charge is 0.369 e. The van der Waals surface area contributed by atoms with Gasteiger partial charge in [-0.3, -0.25) is 0 Å². The van der Waals surface area contributed by atoms with Crippen molar-refractivity contribution >= 4 is 0 Å². The third-order valence-electron chi connectivity index (χ3n) is 1.41. The number of hydrogen-bond donors (Lipinski definition) is 0. The highest BCUT2D eigenvalue weighted by atomic mass is 16.5. The van der Waals surface area contributed by atoms with Gasteiger partial charge in [-0.1, -0.05) is 13.3 Å². The molecule has 0 amide bonds. The summed E-state index contributed by atoms with van der Waals surface area (Å²) in [6.07, 6.45) is 5.41. The second kappa shape index (κ2) is 2.49. The highest BCUT2D eigenvalue weighted by Crippen LogP contribution is 2.30. The minimum Gasteiger partial charge on any atom is -0.369 e. The van der Waals surface area contributed by atoms with E-state index in [1.54, 1.807) is 0 Å². The minimum absolute atomic E-state index is 0.511. The molecule has 0 spiro atoms. The molecule has 0 aliphatic carbocycles. The molecule has 1 radical (unpaired) electrons. The molecule has 1 atom stereocenters. The standard InChI is InChI=1S/C7H13O/c1-3-4-7-5-6(2)8-7/h6H,3-5H2,1-2H3.